The van der Waals surface area contributed by atoms with Gasteiger partial charge in [0.25, 0.3) is 17.1 Å². The van der Waals surface area contributed by atoms with Crippen molar-refractivity contribution in [2.24, 2.45) is 7.05 Å². The zero-order chi connectivity index (χ0) is 25.9. The van der Waals surface area contributed by atoms with Crippen LogP contribution in [0, 0.1) is 6.92 Å². The molecule has 0 aliphatic heterocycles. The minimum atomic E-state index is -0.659. The van der Waals surface area contributed by atoms with Gasteiger partial charge in [-0.1, -0.05) is 60.7 Å². The Morgan fingerprint density at radius 2 is 1.62 bits per heavy atom. The minimum Gasteiger partial charge on any atom is -0.493 e. The molecule has 0 spiro atoms. The predicted molar refractivity (Wildman–Crippen MR) is 142 cm³/mol. The molecule has 2 aromatic heterocycles. The molecular formula is C28H26N4O5. The van der Waals surface area contributed by atoms with E-state index in [1.807, 2.05) is 73.7 Å². The summed E-state index contributed by atoms with van der Waals surface area (Å²) in [6, 6.07) is 21.2. The van der Waals surface area contributed by atoms with Crippen LogP contribution in [0.3, 0.4) is 0 Å². The molecule has 0 amide bonds. The summed E-state index contributed by atoms with van der Waals surface area (Å²) in [6.45, 7) is 2.70. The van der Waals surface area contributed by atoms with Gasteiger partial charge in [-0.25, -0.2) is 4.79 Å². The van der Waals surface area contributed by atoms with E-state index in [-0.39, 0.29) is 30.2 Å². The summed E-state index contributed by atoms with van der Waals surface area (Å²) in [6.07, 6.45) is 0.536. The molecule has 9 nitrogen and oxygen atoms in total. The molecule has 37 heavy (non-hydrogen) atoms. The lowest BCUT2D eigenvalue weighted by Gasteiger charge is -2.13. The topological polar surface area (TPSA) is 108 Å². The van der Waals surface area contributed by atoms with Crippen molar-refractivity contribution >= 4 is 21.8 Å². The Morgan fingerprint density at radius 3 is 2.46 bits per heavy atom. The molecule has 0 saturated carbocycles. The number of para-hydroxylation sites is 1. The maximum atomic E-state index is 13.1. The maximum absolute atomic E-state index is 13.1. The summed E-state index contributed by atoms with van der Waals surface area (Å²) in [5.74, 6) is 0.799. The van der Waals surface area contributed by atoms with Gasteiger partial charge in [-0.15, -0.1) is 0 Å². The largest absolute Gasteiger partial charge is 0.493 e. The minimum absolute atomic E-state index is 0.0825. The number of aryl methyl sites for hydroxylation is 1. The summed E-state index contributed by atoms with van der Waals surface area (Å²) in [4.78, 5) is 45.9. The second-order valence-corrected chi connectivity index (χ2v) is 8.76. The van der Waals surface area contributed by atoms with Crippen molar-refractivity contribution in [2.45, 2.75) is 19.9 Å². The molecular weight excluding hydrogens is 472 g/mol. The van der Waals surface area contributed by atoms with E-state index >= 15 is 0 Å². The first-order valence-corrected chi connectivity index (χ1v) is 12.0. The van der Waals surface area contributed by atoms with Gasteiger partial charge in [0.2, 0.25) is 0 Å². The maximum Gasteiger partial charge on any atom is 0.331 e. The Balaban J connectivity index is 1.42. The molecule has 2 heterocycles. The number of aromatic nitrogens is 4. The zero-order valence-corrected chi connectivity index (χ0v) is 20.6. The smallest absolute Gasteiger partial charge is 0.331 e. The lowest BCUT2D eigenvalue weighted by atomic mass is 10.0. The van der Waals surface area contributed by atoms with Crippen LogP contribution in [0.15, 0.2) is 81.1 Å². The number of rotatable bonds is 8. The fourth-order valence-corrected chi connectivity index (χ4v) is 4.31. The summed E-state index contributed by atoms with van der Waals surface area (Å²) in [5, 5.41) is 1.97. The zero-order valence-electron chi connectivity index (χ0n) is 20.6. The number of hydrogen-bond donors (Lipinski definition) is 1. The second-order valence-electron chi connectivity index (χ2n) is 8.76. The molecule has 9 heteroatoms. The van der Waals surface area contributed by atoms with E-state index in [0.29, 0.717) is 13.0 Å². The molecule has 0 saturated heterocycles. The molecule has 0 aliphatic carbocycles. The first-order valence-electron chi connectivity index (χ1n) is 12.0. The molecule has 5 aromatic rings. The molecule has 1 N–H and O–H groups in total. The molecule has 0 fully saturated rings. The van der Waals surface area contributed by atoms with Crippen LogP contribution >= 0.6 is 0 Å². The average Bonchev–Trinajstić information content (AvgIpc) is 2.90. The lowest BCUT2D eigenvalue weighted by Crippen LogP contribution is -2.41. The van der Waals surface area contributed by atoms with E-state index in [1.54, 1.807) is 0 Å². The number of nitrogens with one attached hydrogen (secondary N) is 1. The van der Waals surface area contributed by atoms with E-state index < -0.39 is 16.8 Å². The van der Waals surface area contributed by atoms with Gasteiger partial charge in [-0.3, -0.25) is 23.7 Å². The van der Waals surface area contributed by atoms with Gasteiger partial charge in [0.05, 0.1) is 19.8 Å². The first-order chi connectivity index (χ1) is 17.9. The Morgan fingerprint density at radius 1 is 0.892 bits per heavy atom. The van der Waals surface area contributed by atoms with E-state index in [1.165, 1.54) is 11.6 Å². The van der Waals surface area contributed by atoms with E-state index in [4.69, 9.17) is 9.47 Å². The van der Waals surface area contributed by atoms with Crippen LogP contribution in [0.2, 0.25) is 0 Å². The van der Waals surface area contributed by atoms with E-state index in [2.05, 4.69) is 9.97 Å². The quantitative estimate of drug-likeness (QED) is 0.329. The van der Waals surface area contributed by atoms with Crippen LogP contribution < -0.4 is 26.3 Å². The van der Waals surface area contributed by atoms with Crippen molar-refractivity contribution in [1.29, 1.82) is 0 Å². The van der Waals surface area contributed by atoms with Crippen LogP contribution in [0.4, 0.5) is 0 Å². The fraction of sp³-hybridized carbons (Fsp3) is 0.214. The third-order valence-corrected chi connectivity index (χ3v) is 6.26. The number of aromatic amines is 1. The molecule has 0 unspecified atom stereocenters. The standard InChI is InChI=1S/C28H26N4O5/c1-18-9-3-6-14-22(18)36-15-8-16-37-27-29-23-24(25(33)30-27)32(28(35)31(2)26(23)34)17-20-12-7-11-19-10-4-5-13-21(19)20/h3-7,9-14H,8,15-17H2,1-2H3,(H,29,30,33). The van der Waals surface area contributed by atoms with Crippen molar-refractivity contribution < 1.29 is 9.47 Å². The first kappa shape index (κ1) is 24.1. The third-order valence-electron chi connectivity index (χ3n) is 6.26. The van der Waals surface area contributed by atoms with Gasteiger partial charge in [0.1, 0.15) is 11.3 Å². The Hall–Kier alpha value is -4.66. The molecule has 0 radical (unpaired) electrons. The van der Waals surface area contributed by atoms with E-state index in [9.17, 15) is 14.4 Å². The fourth-order valence-electron chi connectivity index (χ4n) is 4.31. The molecule has 188 valence electrons. The molecule has 0 atom stereocenters. The SMILES string of the molecule is Cc1ccccc1OCCCOc1nc2c(=O)n(C)c(=O)n(Cc3cccc4ccccc34)c2c(=O)[nH]1. The highest BCUT2D eigenvalue weighted by atomic mass is 16.5. The Kier molecular flexibility index (Phi) is 6.59. The van der Waals surface area contributed by atoms with Gasteiger partial charge in [0.15, 0.2) is 5.52 Å². The summed E-state index contributed by atoms with van der Waals surface area (Å²) < 4.78 is 13.6. The number of ether oxygens (including phenoxy) is 2. The number of nitrogens with zero attached hydrogens (tertiary/aromatic N) is 3. The third kappa shape index (κ3) is 4.75. The van der Waals surface area contributed by atoms with Gasteiger partial charge < -0.3 is 9.47 Å². The van der Waals surface area contributed by atoms with Crippen LogP contribution in [0.25, 0.3) is 21.8 Å². The Labute approximate surface area is 211 Å². The summed E-state index contributed by atoms with van der Waals surface area (Å²) in [5.41, 5.74) is -0.213. The van der Waals surface area contributed by atoms with Crippen molar-refractivity contribution in [3.8, 4) is 11.8 Å². The van der Waals surface area contributed by atoms with Crippen molar-refractivity contribution in [3.63, 3.8) is 0 Å². The van der Waals surface area contributed by atoms with Crippen molar-refractivity contribution in [2.75, 3.05) is 13.2 Å². The van der Waals surface area contributed by atoms with Gasteiger partial charge in [-0.2, -0.15) is 4.98 Å². The highest BCUT2D eigenvalue weighted by Gasteiger charge is 2.18. The molecule has 5 rings (SSSR count). The Bertz CT molecular complexity index is 1780. The van der Waals surface area contributed by atoms with Gasteiger partial charge in [-0.05, 0) is 34.9 Å². The predicted octanol–water partition coefficient (Wildman–Crippen LogP) is 3.14. The molecule has 3 aromatic carbocycles. The monoisotopic (exact) mass is 498 g/mol. The number of fused-ring (bicyclic) bond motifs is 2. The number of benzene rings is 3. The molecule has 0 bridgehead atoms. The average molecular weight is 499 g/mol. The number of H-pyrrole nitrogens is 1. The second kappa shape index (κ2) is 10.1. The summed E-state index contributed by atoms with van der Waals surface area (Å²) >= 11 is 0. The molecule has 0 aliphatic rings. The highest BCUT2D eigenvalue weighted by molar-refractivity contribution is 5.85. The van der Waals surface area contributed by atoms with Crippen LogP contribution in [0.1, 0.15) is 17.5 Å². The lowest BCUT2D eigenvalue weighted by molar-refractivity contribution is 0.235. The number of hydrogen-bond acceptors (Lipinski definition) is 6. The van der Waals surface area contributed by atoms with E-state index in [0.717, 1.165) is 32.2 Å². The summed E-state index contributed by atoms with van der Waals surface area (Å²) in [7, 11) is 1.37. The van der Waals surface area contributed by atoms with Gasteiger partial charge in [0, 0.05) is 13.5 Å². The van der Waals surface area contributed by atoms with Crippen molar-refractivity contribution in [3.05, 3.63) is 109 Å². The van der Waals surface area contributed by atoms with Crippen LogP contribution in [-0.2, 0) is 13.6 Å². The van der Waals surface area contributed by atoms with Gasteiger partial charge >= 0.3 is 5.69 Å². The van der Waals surface area contributed by atoms with Crippen LogP contribution in [0.5, 0.6) is 11.8 Å². The van der Waals surface area contributed by atoms with Crippen LogP contribution in [-0.4, -0.2) is 32.3 Å². The van der Waals surface area contributed by atoms with Crippen molar-refractivity contribution in [1.82, 2.24) is 19.1 Å². The normalized spacial score (nSPS) is 11.2. The highest BCUT2D eigenvalue weighted by Crippen LogP contribution is 2.20.